The van der Waals surface area contributed by atoms with Gasteiger partial charge < -0.3 is 15.1 Å². The molecule has 2 atom stereocenters. The second-order valence-corrected chi connectivity index (χ2v) is 8.76. The third-order valence-corrected chi connectivity index (χ3v) is 7.29. The van der Waals surface area contributed by atoms with E-state index in [0.29, 0.717) is 30.1 Å². The van der Waals surface area contributed by atoms with Gasteiger partial charge in [0.1, 0.15) is 0 Å². The van der Waals surface area contributed by atoms with Gasteiger partial charge in [0.15, 0.2) is 0 Å². The van der Waals surface area contributed by atoms with Crippen LogP contribution in [-0.2, 0) is 9.59 Å². The maximum absolute atomic E-state index is 13.3. The summed E-state index contributed by atoms with van der Waals surface area (Å²) in [6, 6.07) is 0. The maximum Gasteiger partial charge on any atom is 0.230 e. The van der Waals surface area contributed by atoms with Crippen molar-refractivity contribution in [1.29, 1.82) is 0 Å². The van der Waals surface area contributed by atoms with E-state index in [4.69, 9.17) is 0 Å². The first-order valence-electron chi connectivity index (χ1n) is 10.5. The van der Waals surface area contributed by atoms with Crippen molar-refractivity contribution < 1.29 is 9.59 Å². The number of piperidine rings is 1. The van der Waals surface area contributed by atoms with Crippen molar-refractivity contribution >= 4 is 24.2 Å². The Balaban J connectivity index is 0.00000196. The zero-order chi connectivity index (χ0) is 17.3. The average molecular weight is 384 g/mol. The minimum Gasteiger partial charge on any atom is -0.343 e. The molecule has 0 aromatic rings. The lowest BCUT2D eigenvalue weighted by molar-refractivity contribution is -0.147. The molecule has 4 fully saturated rings. The summed E-state index contributed by atoms with van der Waals surface area (Å²) in [6.45, 7) is 5.51. The van der Waals surface area contributed by atoms with E-state index in [-0.39, 0.29) is 17.8 Å². The Morgan fingerprint density at radius 1 is 0.923 bits per heavy atom. The van der Waals surface area contributed by atoms with Crippen LogP contribution >= 0.6 is 12.4 Å². The molecule has 0 aromatic carbocycles. The zero-order valence-corrected chi connectivity index (χ0v) is 16.7. The van der Waals surface area contributed by atoms with Crippen molar-refractivity contribution in [2.75, 3.05) is 39.3 Å². The fourth-order valence-corrected chi connectivity index (χ4v) is 5.67. The summed E-state index contributed by atoms with van der Waals surface area (Å²) in [7, 11) is 0. The summed E-state index contributed by atoms with van der Waals surface area (Å²) in [6.07, 6.45) is 9.77. The number of amides is 2. The van der Waals surface area contributed by atoms with Crippen LogP contribution in [0.25, 0.3) is 0 Å². The summed E-state index contributed by atoms with van der Waals surface area (Å²) in [4.78, 5) is 29.8. The van der Waals surface area contributed by atoms with Gasteiger partial charge in [-0.25, -0.2) is 0 Å². The number of hydrogen-bond donors (Lipinski definition) is 1. The van der Waals surface area contributed by atoms with Gasteiger partial charge in [0.2, 0.25) is 11.8 Å². The van der Waals surface area contributed by atoms with E-state index in [0.717, 1.165) is 71.4 Å². The Morgan fingerprint density at radius 3 is 2.38 bits per heavy atom. The minimum absolute atomic E-state index is 0. The first-order valence-corrected chi connectivity index (χ1v) is 10.5. The summed E-state index contributed by atoms with van der Waals surface area (Å²) in [5.74, 6) is 1.77. The fourth-order valence-electron chi connectivity index (χ4n) is 5.67. The van der Waals surface area contributed by atoms with Crippen LogP contribution in [0.5, 0.6) is 0 Å². The van der Waals surface area contributed by atoms with Crippen LogP contribution in [-0.4, -0.2) is 60.9 Å². The van der Waals surface area contributed by atoms with Crippen LogP contribution in [0.15, 0.2) is 0 Å². The van der Waals surface area contributed by atoms with E-state index in [1.807, 2.05) is 4.90 Å². The highest BCUT2D eigenvalue weighted by molar-refractivity contribution is 5.85. The molecule has 148 valence electrons. The van der Waals surface area contributed by atoms with Gasteiger partial charge in [-0.05, 0) is 56.9 Å². The van der Waals surface area contributed by atoms with Crippen LogP contribution in [0.1, 0.15) is 57.8 Å². The molecule has 1 aliphatic carbocycles. The van der Waals surface area contributed by atoms with Crippen molar-refractivity contribution in [2.24, 2.45) is 17.3 Å². The minimum atomic E-state index is -0.115. The van der Waals surface area contributed by atoms with Crippen molar-refractivity contribution in [2.45, 2.75) is 57.8 Å². The Morgan fingerprint density at radius 2 is 1.65 bits per heavy atom. The Bertz CT molecular complexity index is 515. The molecule has 0 aromatic heterocycles. The van der Waals surface area contributed by atoms with Crippen LogP contribution < -0.4 is 5.32 Å². The smallest absolute Gasteiger partial charge is 0.230 e. The number of fused-ring (bicyclic) bond motifs is 1. The normalized spacial score (nSPS) is 32.2. The Labute approximate surface area is 163 Å². The van der Waals surface area contributed by atoms with E-state index >= 15 is 0 Å². The third-order valence-electron chi connectivity index (χ3n) is 7.29. The molecule has 0 spiro atoms. The summed E-state index contributed by atoms with van der Waals surface area (Å²) in [5.41, 5.74) is -0.115. The van der Waals surface area contributed by atoms with Gasteiger partial charge >= 0.3 is 0 Å². The fraction of sp³-hybridized carbons (Fsp3) is 0.900. The summed E-state index contributed by atoms with van der Waals surface area (Å²) in [5, 5.41) is 3.49. The molecule has 3 heterocycles. The molecular weight excluding hydrogens is 350 g/mol. The van der Waals surface area contributed by atoms with Gasteiger partial charge in [0.25, 0.3) is 0 Å². The van der Waals surface area contributed by atoms with E-state index in [9.17, 15) is 9.59 Å². The Hall–Kier alpha value is -0.810. The van der Waals surface area contributed by atoms with Crippen molar-refractivity contribution in [3.8, 4) is 0 Å². The summed E-state index contributed by atoms with van der Waals surface area (Å²) >= 11 is 0. The molecule has 3 saturated heterocycles. The lowest BCUT2D eigenvalue weighted by atomic mass is 9.67. The number of nitrogens with zero attached hydrogens (tertiary/aromatic N) is 2. The van der Waals surface area contributed by atoms with Crippen LogP contribution in [0, 0.1) is 17.3 Å². The van der Waals surface area contributed by atoms with Crippen LogP contribution in [0.3, 0.4) is 0 Å². The topological polar surface area (TPSA) is 52.7 Å². The van der Waals surface area contributed by atoms with Gasteiger partial charge in [-0.15, -0.1) is 12.4 Å². The molecule has 2 amide bonds. The molecule has 26 heavy (non-hydrogen) atoms. The highest BCUT2D eigenvalue weighted by atomic mass is 35.5. The van der Waals surface area contributed by atoms with E-state index in [1.165, 1.54) is 19.3 Å². The Kier molecular flexibility index (Phi) is 6.50. The third kappa shape index (κ3) is 3.75. The monoisotopic (exact) mass is 383 g/mol. The second-order valence-electron chi connectivity index (χ2n) is 8.76. The number of carbonyl (C=O) groups excluding carboxylic acids is 2. The second kappa shape index (κ2) is 8.47. The standard InChI is InChI=1S/C20H33N3O2.ClH/c24-18(22-9-3-4-10-22)13-16-6-11-23(12-7-16)19(25)20-8-2-1-5-17(20)14-21-15-20;/h16-17,21H,1-15H2;1H/t17-,20+;/m0./s1. The van der Waals surface area contributed by atoms with E-state index < -0.39 is 0 Å². The number of rotatable bonds is 3. The highest BCUT2D eigenvalue weighted by Gasteiger charge is 2.51. The number of hydrogen-bond acceptors (Lipinski definition) is 3. The molecule has 3 aliphatic heterocycles. The molecule has 4 rings (SSSR count). The van der Waals surface area contributed by atoms with Gasteiger partial charge in [-0.2, -0.15) is 0 Å². The van der Waals surface area contributed by atoms with E-state index in [2.05, 4.69) is 10.2 Å². The van der Waals surface area contributed by atoms with Crippen LogP contribution in [0.2, 0.25) is 0 Å². The molecule has 1 N–H and O–H groups in total. The molecule has 6 heteroatoms. The largest absolute Gasteiger partial charge is 0.343 e. The molecule has 0 unspecified atom stereocenters. The SMILES string of the molecule is Cl.O=C(CC1CCN(C(=O)[C@@]23CCCC[C@H]2CNC3)CC1)N1CCCC1. The average Bonchev–Trinajstić information content (AvgIpc) is 3.32. The van der Waals surface area contributed by atoms with Gasteiger partial charge in [0, 0.05) is 39.1 Å². The molecule has 5 nitrogen and oxygen atoms in total. The van der Waals surface area contributed by atoms with Gasteiger partial charge in [-0.3, -0.25) is 9.59 Å². The van der Waals surface area contributed by atoms with Crippen molar-refractivity contribution in [1.82, 2.24) is 15.1 Å². The molecule has 0 bridgehead atoms. The first-order chi connectivity index (χ1) is 12.2. The number of likely N-dealkylation sites (tertiary alicyclic amines) is 2. The number of nitrogens with one attached hydrogen (secondary N) is 1. The highest BCUT2D eigenvalue weighted by Crippen LogP contribution is 2.45. The van der Waals surface area contributed by atoms with Crippen LogP contribution in [0.4, 0.5) is 0 Å². The zero-order valence-electron chi connectivity index (χ0n) is 15.9. The molecule has 0 radical (unpaired) electrons. The summed E-state index contributed by atoms with van der Waals surface area (Å²) < 4.78 is 0. The van der Waals surface area contributed by atoms with Crippen molar-refractivity contribution in [3.05, 3.63) is 0 Å². The lowest BCUT2D eigenvalue weighted by Crippen LogP contribution is -2.52. The quantitative estimate of drug-likeness (QED) is 0.814. The first kappa shape index (κ1) is 19.9. The van der Waals surface area contributed by atoms with Gasteiger partial charge in [0.05, 0.1) is 5.41 Å². The predicted octanol–water partition coefficient (Wildman–Crippen LogP) is 2.44. The lowest BCUT2D eigenvalue weighted by Gasteiger charge is -2.43. The number of halogens is 1. The van der Waals surface area contributed by atoms with E-state index in [1.54, 1.807) is 0 Å². The maximum atomic E-state index is 13.3. The van der Waals surface area contributed by atoms with Gasteiger partial charge in [-0.1, -0.05) is 12.8 Å². The predicted molar refractivity (Wildman–Crippen MR) is 104 cm³/mol. The molecule has 4 aliphatic rings. The molecule has 1 saturated carbocycles. The van der Waals surface area contributed by atoms with Crippen molar-refractivity contribution in [3.63, 3.8) is 0 Å². The number of carbonyl (C=O) groups is 2. The molecular formula is C20H34ClN3O2.